The van der Waals surface area contributed by atoms with E-state index in [1.807, 2.05) is 0 Å². The van der Waals surface area contributed by atoms with Gasteiger partial charge in [0.1, 0.15) is 0 Å². The third-order valence-corrected chi connectivity index (χ3v) is 2.50. The molecule has 0 saturated carbocycles. The van der Waals surface area contributed by atoms with E-state index < -0.39 is 17.9 Å². The molecule has 0 radical (unpaired) electrons. The molecule has 0 aliphatic rings. The topological polar surface area (TPSA) is 77.8 Å². The lowest BCUT2D eigenvalue weighted by Crippen LogP contribution is -2.28. The van der Waals surface area contributed by atoms with Crippen molar-refractivity contribution >= 4 is 17.6 Å². The summed E-state index contributed by atoms with van der Waals surface area (Å²) in [6, 6.07) is 6.42. The predicted octanol–water partition coefficient (Wildman–Crippen LogP) is 1.54. The fourth-order valence-corrected chi connectivity index (χ4v) is 1.47. The highest BCUT2D eigenvalue weighted by Gasteiger charge is 2.14. The molecule has 92 valence electrons. The van der Waals surface area contributed by atoms with E-state index >= 15 is 0 Å². The zero-order valence-corrected chi connectivity index (χ0v) is 9.75. The second-order valence-electron chi connectivity index (χ2n) is 3.98. The summed E-state index contributed by atoms with van der Waals surface area (Å²) >= 11 is 0. The molecule has 17 heavy (non-hydrogen) atoms. The van der Waals surface area contributed by atoms with Crippen molar-refractivity contribution in [1.29, 1.82) is 0 Å². The summed E-state index contributed by atoms with van der Waals surface area (Å²) in [5.41, 5.74) is 0.885. The number of hydrogen-bond acceptors (Lipinski definition) is 3. The van der Waals surface area contributed by atoms with Gasteiger partial charge in [0.15, 0.2) is 0 Å². The van der Waals surface area contributed by atoms with Crippen molar-refractivity contribution in [2.45, 2.75) is 6.92 Å². The van der Waals surface area contributed by atoms with Crippen LogP contribution in [0.15, 0.2) is 24.3 Å². The lowest BCUT2D eigenvalue weighted by molar-refractivity contribution is -0.140. The fraction of sp³-hybridized carbons (Fsp3) is 0.333. The van der Waals surface area contributed by atoms with Crippen molar-refractivity contribution in [3.05, 3.63) is 29.8 Å². The molecular formula is C12H15NO4. The van der Waals surface area contributed by atoms with Crippen LogP contribution in [0.1, 0.15) is 17.3 Å². The molecule has 0 spiro atoms. The summed E-state index contributed by atoms with van der Waals surface area (Å²) in [5.74, 6) is -2.37. The maximum atomic E-state index is 10.8. The summed E-state index contributed by atoms with van der Waals surface area (Å²) in [7, 11) is 1.74. The highest BCUT2D eigenvalue weighted by atomic mass is 16.4. The van der Waals surface area contributed by atoms with E-state index in [1.165, 1.54) is 12.1 Å². The molecule has 0 fully saturated rings. The third-order valence-electron chi connectivity index (χ3n) is 2.50. The van der Waals surface area contributed by atoms with E-state index in [2.05, 4.69) is 0 Å². The van der Waals surface area contributed by atoms with Gasteiger partial charge in [-0.25, -0.2) is 4.79 Å². The Morgan fingerprint density at radius 1 is 1.35 bits per heavy atom. The monoisotopic (exact) mass is 237 g/mol. The van der Waals surface area contributed by atoms with E-state index in [9.17, 15) is 9.59 Å². The standard InChI is InChI=1S/C12H15NO4/c1-8(11(14)15)7-13(2)10-5-3-4-9(6-10)12(16)17/h3-6,8H,7H2,1-2H3,(H,14,15)(H,16,17). The van der Waals surface area contributed by atoms with Gasteiger partial charge in [-0.3, -0.25) is 4.79 Å². The molecule has 0 aliphatic carbocycles. The van der Waals surface area contributed by atoms with Gasteiger partial charge in [-0.05, 0) is 18.2 Å². The Labute approximate surface area is 99.3 Å². The van der Waals surface area contributed by atoms with Crippen LogP contribution in [0.25, 0.3) is 0 Å². The summed E-state index contributed by atoms with van der Waals surface area (Å²) in [5, 5.41) is 17.6. The zero-order valence-electron chi connectivity index (χ0n) is 9.75. The molecule has 1 aromatic carbocycles. The highest BCUT2D eigenvalue weighted by Crippen LogP contribution is 2.16. The molecule has 5 heteroatoms. The van der Waals surface area contributed by atoms with Gasteiger partial charge in [0.2, 0.25) is 0 Å². The number of anilines is 1. The number of aliphatic carboxylic acids is 1. The maximum Gasteiger partial charge on any atom is 0.335 e. The van der Waals surface area contributed by atoms with Gasteiger partial charge in [-0.2, -0.15) is 0 Å². The van der Waals surface area contributed by atoms with Gasteiger partial charge in [0.05, 0.1) is 11.5 Å². The minimum absolute atomic E-state index is 0.192. The molecule has 2 N–H and O–H groups in total. The number of carboxylic acid groups (broad SMARTS) is 2. The van der Waals surface area contributed by atoms with Gasteiger partial charge >= 0.3 is 11.9 Å². The van der Waals surface area contributed by atoms with Gasteiger partial charge in [0.25, 0.3) is 0 Å². The quantitative estimate of drug-likeness (QED) is 0.812. The van der Waals surface area contributed by atoms with E-state index in [1.54, 1.807) is 31.0 Å². The number of rotatable bonds is 5. The van der Waals surface area contributed by atoms with Crippen molar-refractivity contribution in [2.24, 2.45) is 5.92 Å². The molecule has 0 heterocycles. The molecule has 1 aromatic rings. The van der Waals surface area contributed by atoms with Gasteiger partial charge in [0, 0.05) is 19.3 Å². The third kappa shape index (κ3) is 3.48. The first-order valence-corrected chi connectivity index (χ1v) is 5.19. The van der Waals surface area contributed by atoms with Crippen LogP contribution in [0.3, 0.4) is 0 Å². The number of benzene rings is 1. The van der Waals surface area contributed by atoms with Crippen molar-refractivity contribution in [1.82, 2.24) is 0 Å². The normalized spacial score (nSPS) is 11.9. The SMILES string of the molecule is CC(CN(C)c1cccc(C(=O)O)c1)C(=O)O. The average molecular weight is 237 g/mol. The van der Waals surface area contributed by atoms with Crippen LogP contribution in [0.5, 0.6) is 0 Å². The molecule has 0 aromatic heterocycles. The lowest BCUT2D eigenvalue weighted by atomic mass is 10.1. The van der Waals surface area contributed by atoms with Crippen molar-refractivity contribution in [2.75, 3.05) is 18.5 Å². The summed E-state index contributed by atoms with van der Waals surface area (Å²) in [4.78, 5) is 23.2. The van der Waals surface area contributed by atoms with Gasteiger partial charge in [-0.15, -0.1) is 0 Å². The Morgan fingerprint density at radius 2 is 2.00 bits per heavy atom. The minimum atomic E-state index is -0.994. The first-order valence-electron chi connectivity index (χ1n) is 5.19. The zero-order chi connectivity index (χ0) is 13.0. The Bertz CT molecular complexity index is 430. The molecule has 0 aliphatic heterocycles. The fourth-order valence-electron chi connectivity index (χ4n) is 1.47. The number of hydrogen-bond donors (Lipinski definition) is 2. The molecule has 1 rings (SSSR count). The minimum Gasteiger partial charge on any atom is -0.481 e. The summed E-state index contributed by atoms with van der Waals surface area (Å²) in [6.07, 6.45) is 0. The van der Waals surface area contributed by atoms with E-state index in [0.29, 0.717) is 12.2 Å². The molecule has 0 bridgehead atoms. The van der Waals surface area contributed by atoms with Crippen LogP contribution in [0, 0.1) is 5.92 Å². The van der Waals surface area contributed by atoms with E-state index in [4.69, 9.17) is 10.2 Å². The smallest absolute Gasteiger partial charge is 0.335 e. The second-order valence-corrected chi connectivity index (χ2v) is 3.98. The molecule has 0 saturated heterocycles. The Morgan fingerprint density at radius 3 is 2.53 bits per heavy atom. The van der Waals surface area contributed by atoms with E-state index in [0.717, 1.165) is 0 Å². The first-order chi connectivity index (χ1) is 7.91. The highest BCUT2D eigenvalue weighted by molar-refractivity contribution is 5.88. The Kier molecular flexibility index (Phi) is 4.09. The first kappa shape index (κ1) is 13.0. The largest absolute Gasteiger partial charge is 0.481 e. The number of aromatic carboxylic acids is 1. The number of nitrogens with zero attached hydrogens (tertiary/aromatic N) is 1. The summed E-state index contributed by atoms with van der Waals surface area (Å²) < 4.78 is 0. The number of carbonyl (C=O) groups is 2. The van der Waals surface area contributed by atoms with Crippen LogP contribution in [0.2, 0.25) is 0 Å². The Hall–Kier alpha value is -2.04. The van der Waals surface area contributed by atoms with Crippen LogP contribution in [0.4, 0.5) is 5.69 Å². The maximum absolute atomic E-state index is 10.8. The molecular weight excluding hydrogens is 222 g/mol. The van der Waals surface area contributed by atoms with Crippen LogP contribution in [-0.4, -0.2) is 35.7 Å². The molecule has 5 nitrogen and oxygen atoms in total. The van der Waals surface area contributed by atoms with Crippen molar-refractivity contribution in [3.63, 3.8) is 0 Å². The van der Waals surface area contributed by atoms with Crippen LogP contribution in [-0.2, 0) is 4.79 Å². The average Bonchev–Trinajstić information content (AvgIpc) is 2.28. The Balaban J connectivity index is 2.82. The lowest BCUT2D eigenvalue weighted by Gasteiger charge is -2.21. The predicted molar refractivity (Wildman–Crippen MR) is 63.5 cm³/mol. The van der Waals surface area contributed by atoms with Crippen LogP contribution < -0.4 is 4.90 Å². The molecule has 1 atom stereocenters. The van der Waals surface area contributed by atoms with E-state index in [-0.39, 0.29) is 5.56 Å². The van der Waals surface area contributed by atoms with Crippen molar-refractivity contribution < 1.29 is 19.8 Å². The molecule has 0 amide bonds. The van der Waals surface area contributed by atoms with Gasteiger partial charge < -0.3 is 15.1 Å². The van der Waals surface area contributed by atoms with Gasteiger partial charge in [-0.1, -0.05) is 13.0 Å². The molecule has 1 unspecified atom stereocenters. The number of carboxylic acids is 2. The second kappa shape index (κ2) is 5.34. The van der Waals surface area contributed by atoms with Crippen LogP contribution >= 0.6 is 0 Å². The van der Waals surface area contributed by atoms with Crippen molar-refractivity contribution in [3.8, 4) is 0 Å². The summed E-state index contributed by atoms with van der Waals surface area (Å²) in [6.45, 7) is 1.94.